The van der Waals surface area contributed by atoms with Gasteiger partial charge >= 0.3 is 0 Å². The standard InChI is InChI=1S/C18H26N4O.ClH/c1-18(2,3)12-14-11-16(22(4)21-14)20-17(23)15(19)10-13-8-6-5-7-9-13;/h5-9,11,15H,10,12,19H2,1-4H3,(H,20,23);1H/t15-;/m0./s1. The molecule has 1 aromatic heterocycles. The monoisotopic (exact) mass is 350 g/mol. The van der Waals surface area contributed by atoms with Gasteiger partial charge in [-0.1, -0.05) is 51.1 Å². The Morgan fingerprint density at radius 3 is 2.50 bits per heavy atom. The van der Waals surface area contributed by atoms with Crippen LogP contribution in [0, 0.1) is 5.41 Å². The van der Waals surface area contributed by atoms with Crippen molar-refractivity contribution in [3.8, 4) is 0 Å². The maximum absolute atomic E-state index is 12.3. The lowest BCUT2D eigenvalue weighted by molar-refractivity contribution is -0.117. The number of nitrogens with one attached hydrogen (secondary N) is 1. The van der Waals surface area contributed by atoms with Gasteiger partial charge in [0.15, 0.2) is 0 Å². The van der Waals surface area contributed by atoms with E-state index < -0.39 is 6.04 Å². The second kappa shape index (κ2) is 8.31. The molecule has 24 heavy (non-hydrogen) atoms. The molecule has 3 N–H and O–H groups in total. The van der Waals surface area contributed by atoms with Gasteiger partial charge in [0.2, 0.25) is 5.91 Å². The van der Waals surface area contributed by atoms with Crippen LogP contribution < -0.4 is 11.1 Å². The van der Waals surface area contributed by atoms with Crippen molar-refractivity contribution in [2.75, 3.05) is 5.32 Å². The van der Waals surface area contributed by atoms with Crippen LogP contribution in [0.1, 0.15) is 32.0 Å². The topological polar surface area (TPSA) is 72.9 Å². The number of aromatic nitrogens is 2. The third-order valence-electron chi connectivity index (χ3n) is 3.53. The van der Waals surface area contributed by atoms with Gasteiger partial charge in [-0.3, -0.25) is 9.48 Å². The molecule has 5 nitrogen and oxygen atoms in total. The Hall–Kier alpha value is -1.85. The minimum atomic E-state index is -0.585. The maximum Gasteiger partial charge on any atom is 0.242 e. The Kier molecular flexibility index (Phi) is 6.99. The van der Waals surface area contributed by atoms with Crippen LogP contribution in [0.5, 0.6) is 0 Å². The van der Waals surface area contributed by atoms with Crippen LogP contribution >= 0.6 is 12.4 Å². The number of hydrogen-bond acceptors (Lipinski definition) is 3. The summed E-state index contributed by atoms with van der Waals surface area (Å²) in [6.45, 7) is 6.49. The lowest BCUT2D eigenvalue weighted by Gasteiger charge is -2.15. The predicted octanol–water partition coefficient (Wildman–Crippen LogP) is 2.94. The Morgan fingerprint density at radius 2 is 1.92 bits per heavy atom. The van der Waals surface area contributed by atoms with Gasteiger partial charge in [0.1, 0.15) is 5.82 Å². The highest BCUT2D eigenvalue weighted by Crippen LogP contribution is 2.21. The van der Waals surface area contributed by atoms with E-state index in [2.05, 4.69) is 31.2 Å². The molecular weight excluding hydrogens is 324 g/mol. The smallest absolute Gasteiger partial charge is 0.242 e. The lowest BCUT2D eigenvalue weighted by atomic mass is 9.91. The molecular formula is C18H27ClN4O. The Bertz CT molecular complexity index is 661. The number of aryl methyl sites for hydroxylation is 1. The first kappa shape index (κ1) is 20.2. The normalized spacial score (nSPS) is 12.4. The Labute approximate surface area is 150 Å². The van der Waals surface area contributed by atoms with Crippen molar-refractivity contribution in [2.24, 2.45) is 18.2 Å². The van der Waals surface area contributed by atoms with E-state index in [1.54, 1.807) is 4.68 Å². The summed E-state index contributed by atoms with van der Waals surface area (Å²) in [6, 6.07) is 11.1. The minimum Gasteiger partial charge on any atom is -0.320 e. The second-order valence-corrected chi connectivity index (χ2v) is 7.17. The summed E-state index contributed by atoms with van der Waals surface area (Å²) >= 11 is 0. The van der Waals surface area contributed by atoms with E-state index in [9.17, 15) is 4.79 Å². The van der Waals surface area contributed by atoms with Gasteiger partial charge in [-0.15, -0.1) is 12.4 Å². The number of anilines is 1. The van der Waals surface area contributed by atoms with Gasteiger partial charge in [-0.2, -0.15) is 5.10 Å². The summed E-state index contributed by atoms with van der Waals surface area (Å²) in [5.41, 5.74) is 8.18. The first-order chi connectivity index (χ1) is 10.7. The first-order valence-corrected chi connectivity index (χ1v) is 7.88. The van der Waals surface area contributed by atoms with Crippen molar-refractivity contribution in [3.63, 3.8) is 0 Å². The largest absolute Gasteiger partial charge is 0.320 e. The molecule has 0 saturated heterocycles. The first-order valence-electron chi connectivity index (χ1n) is 7.88. The molecule has 0 radical (unpaired) electrons. The minimum absolute atomic E-state index is 0. The van der Waals surface area contributed by atoms with Crippen LogP contribution in [0.2, 0.25) is 0 Å². The van der Waals surface area contributed by atoms with Gasteiger partial charge < -0.3 is 11.1 Å². The molecule has 6 heteroatoms. The molecule has 2 aromatic rings. The van der Waals surface area contributed by atoms with E-state index in [0.29, 0.717) is 12.2 Å². The van der Waals surface area contributed by atoms with E-state index in [1.807, 2.05) is 43.4 Å². The van der Waals surface area contributed by atoms with E-state index in [4.69, 9.17) is 5.73 Å². The van der Waals surface area contributed by atoms with E-state index >= 15 is 0 Å². The highest BCUT2D eigenvalue weighted by molar-refractivity contribution is 5.94. The molecule has 0 bridgehead atoms. The molecule has 0 aliphatic carbocycles. The number of carbonyl (C=O) groups is 1. The third kappa shape index (κ3) is 5.98. The number of amides is 1. The van der Waals surface area contributed by atoms with Crippen LogP contribution in [0.15, 0.2) is 36.4 Å². The average molecular weight is 351 g/mol. The summed E-state index contributed by atoms with van der Waals surface area (Å²) in [7, 11) is 1.82. The summed E-state index contributed by atoms with van der Waals surface area (Å²) in [4.78, 5) is 12.3. The predicted molar refractivity (Wildman–Crippen MR) is 100 cm³/mol. The van der Waals surface area contributed by atoms with E-state index in [0.717, 1.165) is 17.7 Å². The zero-order chi connectivity index (χ0) is 17.0. The molecule has 0 saturated carbocycles. The third-order valence-corrected chi connectivity index (χ3v) is 3.53. The fraction of sp³-hybridized carbons (Fsp3) is 0.444. The van der Waals surface area contributed by atoms with E-state index in [-0.39, 0.29) is 23.7 Å². The molecule has 132 valence electrons. The van der Waals surface area contributed by atoms with Crippen LogP contribution in [0.3, 0.4) is 0 Å². The van der Waals surface area contributed by atoms with Crippen molar-refractivity contribution < 1.29 is 4.79 Å². The van der Waals surface area contributed by atoms with Crippen molar-refractivity contribution in [1.29, 1.82) is 0 Å². The quantitative estimate of drug-likeness (QED) is 0.870. The van der Waals surface area contributed by atoms with Crippen molar-refractivity contribution in [1.82, 2.24) is 9.78 Å². The zero-order valence-electron chi connectivity index (χ0n) is 14.7. The average Bonchev–Trinajstić information content (AvgIpc) is 2.77. The van der Waals surface area contributed by atoms with Crippen molar-refractivity contribution >= 4 is 24.1 Å². The highest BCUT2D eigenvalue weighted by atomic mass is 35.5. The summed E-state index contributed by atoms with van der Waals surface area (Å²) in [5, 5.41) is 7.33. The van der Waals surface area contributed by atoms with Crippen LogP contribution in [0.25, 0.3) is 0 Å². The van der Waals surface area contributed by atoms with Crippen LogP contribution in [0.4, 0.5) is 5.82 Å². The van der Waals surface area contributed by atoms with Gasteiger partial charge in [-0.05, 0) is 23.8 Å². The van der Waals surface area contributed by atoms with Crippen LogP contribution in [-0.4, -0.2) is 21.7 Å². The molecule has 0 spiro atoms. The van der Waals surface area contributed by atoms with Gasteiger partial charge in [0.25, 0.3) is 0 Å². The number of carbonyl (C=O) groups excluding carboxylic acids is 1. The summed E-state index contributed by atoms with van der Waals surface area (Å²) in [5.74, 6) is 0.483. The molecule has 1 atom stereocenters. The maximum atomic E-state index is 12.3. The van der Waals surface area contributed by atoms with E-state index in [1.165, 1.54) is 0 Å². The summed E-state index contributed by atoms with van der Waals surface area (Å²) in [6.07, 6.45) is 1.37. The van der Waals surface area contributed by atoms with Gasteiger partial charge in [0, 0.05) is 13.1 Å². The van der Waals surface area contributed by atoms with Crippen molar-refractivity contribution in [3.05, 3.63) is 47.7 Å². The highest BCUT2D eigenvalue weighted by Gasteiger charge is 2.18. The Balaban J connectivity index is 0.00000288. The molecule has 1 heterocycles. The molecule has 2 rings (SSSR count). The molecule has 0 aliphatic heterocycles. The van der Waals surface area contributed by atoms with Crippen LogP contribution in [-0.2, 0) is 24.7 Å². The second-order valence-electron chi connectivity index (χ2n) is 7.17. The number of halogens is 1. The van der Waals surface area contributed by atoms with Gasteiger partial charge in [-0.25, -0.2) is 0 Å². The van der Waals surface area contributed by atoms with Gasteiger partial charge in [0.05, 0.1) is 11.7 Å². The number of benzene rings is 1. The molecule has 1 aromatic carbocycles. The number of nitrogens with two attached hydrogens (primary N) is 1. The lowest BCUT2D eigenvalue weighted by Crippen LogP contribution is -2.37. The Morgan fingerprint density at radius 1 is 1.29 bits per heavy atom. The number of rotatable bonds is 5. The van der Waals surface area contributed by atoms with Crippen molar-refractivity contribution in [2.45, 2.75) is 39.7 Å². The molecule has 1 amide bonds. The summed E-state index contributed by atoms with van der Waals surface area (Å²) < 4.78 is 1.69. The SMILES string of the molecule is Cl.Cn1nc(CC(C)(C)C)cc1NC(=O)[C@@H](N)Cc1ccccc1. The molecule has 0 unspecified atom stereocenters. The fourth-order valence-corrected chi connectivity index (χ4v) is 2.45. The zero-order valence-corrected chi connectivity index (χ0v) is 15.6. The molecule has 0 aliphatic rings. The number of hydrogen-bond donors (Lipinski definition) is 2. The fourth-order valence-electron chi connectivity index (χ4n) is 2.45. The number of nitrogens with zero attached hydrogens (tertiary/aromatic N) is 2. The molecule has 0 fully saturated rings.